The number of nitrogens with one attached hydrogen (secondary N) is 2. The molecule has 3 rings (SSSR count). The van der Waals surface area contributed by atoms with Gasteiger partial charge >= 0.3 is 6.03 Å². The first-order chi connectivity index (χ1) is 10.2. The van der Waals surface area contributed by atoms with E-state index in [2.05, 4.69) is 10.6 Å². The Kier molecular flexibility index (Phi) is 4.60. The Bertz CT molecular complexity index is 392. The van der Waals surface area contributed by atoms with Gasteiger partial charge in [-0.2, -0.15) is 0 Å². The second-order valence-electron chi connectivity index (χ2n) is 5.88. The van der Waals surface area contributed by atoms with E-state index in [-0.39, 0.29) is 30.1 Å². The fourth-order valence-electron chi connectivity index (χ4n) is 3.21. The Morgan fingerprint density at radius 2 is 2.14 bits per heavy atom. The highest BCUT2D eigenvalue weighted by Gasteiger charge is 2.38. The first-order valence-electron chi connectivity index (χ1n) is 7.86. The van der Waals surface area contributed by atoms with E-state index in [4.69, 9.17) is 9.57 Å². The molecule has 0 aliphatic carbocycles. The summed E-state index contributed by atoms with van der Waals surface area (Å²) in [5.41, 5.74) is 0. The number of piperidine rings is 1. The van der Waals surface area contributed by atoms with Gasteiger partial charge in [0.05, 0.1) is 31.3 Å². The third-order valence-electron chi connectivity index (χ3n) is 4.35. The molecule has 7 nitrogen and oxygen atoms in total. The number of nitrogens with zero attached hydrogens (tertiary/aromatic N) is 1. The molecule has 0 aromatic carbocycles. The summed E-state index contributed by atoms with van der Waals surface area (Å²) in [6.45, 7) is 1.94. The standard InChI is InChI=1S/C14H23N3O4/c18-12-6-5-10(13(16-12)11-4-3-8-20-11)15-14(19)17-7-1-2-9-21-17/h10-11,13H,1-9H2,(H,15,19)(H,16,18). The third-order valence-corrected chi connectivity index (χ3v) is 4.35. The van der Waals surface area contributed by atoms with Crippen molar-refractivity contribution in [3.05, 3.63) is 0 Å². The zero-order valence-electron chi connectivity index (χ0n) is 12.2. The average Bonchev–Trinajstić information content (AvgIpc) is 3.04. The zero-order chi connectivity index (χ0) is 14.7. The molecule has 118 valence electrons. The Morgan fingerprint density at radius 1 is 1.24 bits per heavy atom. The second-order valence-corrected chi connectivity index (χ2v) is 5.88. The summed E-state index contributed by atoms with van der Waals surface area (Å²) in [7, 11) is 0. The molecule has 0 bridgehead atoms. The summed E-state index contributed by atoms with van der Waals surface area (Å²) < 4.78 is 5.69. The summed E-state index contributed by atoms with van der Waals surface area (Å²) in [6, 6.07) is -0.440. The fourth-order valence-corrected chi connectivity index (χ4v) is 3.21. The highest BCUT2D eigenvalue weighted by atomic mass is 16.7. The van der Waals surface area contributed by atoms with E-state index in [1.807, 2.05) is 0 Å². The Morgan fingerprint density at radius 3 is 2.86 bits per heavy atom. The van der Waals surface area contributed by atoms with Gasteiger partial charge in [-0.1, -0.05) is 0 Å². The SMILES string of the molecule is O=C1CCC(NC(=O)N2CCCCO2)C(C2CCCO2)N1. The van der Waals surface area contributed by atoms with Crippen LogP contribution in [0.15, 0.2) is 0 Å². The normalized spacial score (nSPS) is 33.6. The minimum atomic E-state index is -0.209. The summed E-state index contributed by atoms with van der Waals surface area (Å²) in [4.78, 5) is 29.3. The molecule has 3 saturated heterocycles. The molecule has 0 radical (unpaired) electrons. The van der Waals surface area contributed by atoms with Crippen LogP contribution in [-0.2, 0) is 14.4 Å². The monoisotopic (exact) mass is 297 g/mol. The van der Waals surface area contributed by atoms with Gasteiger partial charge in [-0.3, -0.25) is 9.63 Å². The molecule has 2 N–H and O–H groups in total. The van der Waals surface area contributed by atoms with Gasteiger partial charge in [-0.15, -0.1) is 0 Å². The number of urea groups is 1. The van der Waals surface area contributed by atoms with Crippen LogP contribution < -0.4 is 10.6 Å². The number of hydrogen-bond acceptors (Lipinski definition) is 4. The van der Waals surface area contributed by atoms with E-state index in [9.17, 15) is 9.59 Å². The van der Waals surface area contributed by atoms with Gasteiger partial charge < -0.3 is 15.4 Å². The predicted octanol–water partition coefficient (Wildman–Crippen LogP) is 0.550. The van der Waals surface area contributed by atoms with Crippen molar-refractivity contribution in [2.24, 2.45) is 0 Å². The van der Waals surface area contributed by atoms with Gasteiger partial charge in [0, 0.05) is 13.0 Å². The second kappa shape index (κ2) is 6.62. The summed E-state index contributed by atoms with van der Waals surface area (Å²) in [5, 5.41) is 7.38. The van der Waals surface area contributed by atoms with Crippen LogP contribution in [0.5, 0.6) is 0 Å². The van der Waals surface area contributed by atoms with Crippen LogP contribution in [0.25, 0.3) is 0 Å². The van der Waals surface area contributed by atoms with E-state index in [0.717, 1.165) is 32.3 Å². The summed E-state index contributed by atoms with van der Waals surface area (Å²) in [5.74, 6) is 0.0372. The lowest BCUT2D eigenvalue weighted by Crippen LogP contribution is -2.61. The smallest absolute Gasteiger partial charge is 0.341 e. The molecule has 0 aromatic heterocycles. The molecule has 0 saturated carbocycles. The molecule has 3 heterocycles. The van der Waals surface area contributed by atoms with E-state index in [0.29, 0.717) is 26.0 Å². The maximum atomic E-state index is 12.2. The molecule has 3 aliphatic rings. The van der Waals surface area contributed by atoms with Crippen LogP contribution in [0.1, 0.15) is 38.5 Å². The van der Waals surface area contributed by atoms with Crippen molar-refractivity contribution in [2.75, 3.05) is 19.8 Å². The highest BCUT2D eigenvalue weighted by molar-refractivity contribution is 5.78. The van der Waals surface area contributed by atoms with Gasteiger partial charge in [0.25, 0.3) is 0 Å². The van der Waals surface area contributed by atoms with Gasteiger partial charge in [0.2, 0.25) is 5.91 Å². The molecule has 7 heteroatoms. The van der Waals surface area contributed by atoms with Crippen molar-refractivity contribution >= 4 is 11.9 Å². The zero-order valence-corrected chi connectivity index (χ0v) is 12.2. The molecule has 3 unspecified atom stereocenters. The van der Waals surface area contributed by atoms with E-state index >= 15 is 0 Å². The number of amides is 3. The van der Waals surface area contributed by atoms with Gasteiger partial charge in [0.15, 0.2) is 0 Å². The Labute approximate surface area is 124 Å². The minimum absolute atomic E-state index is 0.00169. The lowest BCUT2D eigenvalue weighted by molar-refractivity contribution is -0.140. The number of rotatable bonds is 2. The van der Waals surface area contributed by atoms with Crippen molar-refractivity contribution in [1.29, 1.82) is 0 Å². The number of carbonyl (C=O) groups is 2. The van der Waals surface area contributed by atoms with Crippen LogP contribution in [0.2, 0.25) is 0 Å². The number of carbonyl (C=O) groups excluding carboxylic acids is 2. The third kappa shape index (κ3) is 3.47. The predicted molar refractivity (Wildman–Crippen MR) is 74.4 cm³/mol. The van der Waals surface area contributed by atoms with E-state index in [1.54, 1.807) is 0 Å². The highest BCUT2D eigenvalue weighted by Crippen LogP contribution is 2.22. The van der Waals surface area contributed by atoms with Gasteiger partial charge in [0.1, 0.15) is 0 Å². The van der Waals surface area contributed by atoms with Gasteiger partial charge in [-0.25, -0.2) is 9.86 Å². The number of hydrogen-bond donors (Lipinski definition) is 2. The Balaban J connectivity index is 1.60. The molecule has 0 aromatic rings. The minimum Gasteiger partial charge on any atom is -0.376 e. The van der Waals surface area contributed by atoms with Crippen LogP contribution in [0, 0.1) is 0 Å². The summed E-state index contributed by atoms with van der Waals surface area (Å²) in [6.07, 6.45) is 4.98. The van der Waals surface area contributed by atoms with Crippen LogP contribution in [-0.4, -0.2) is 54.9 Å². The molecule has 3 fully saturated rings. The molecule has 3 aliphatic heterocycles. The van der Waals surface area contributed by atoms with E-state index in [1.165, 1.54) is 5.06 Å². The van der Waals surface area contributed by atoms with Crippen LogP contribution in [0.3, 0.4) is 0 Å². The Hall–Kier alpha value is -1.34. The average molecular weight is 297 g/mol. The number of hydroxylamine groups is 2. The van der Waals surface area contributed by atoms with Crippen molar-refractivity contribution in [2.45, 2.75) is 56.7 Å². The van der Waals surface area contributed by atoms with Crippen molar-refractivity contribution < 1.29 is 19.2 Å². The molecular weight excluding hydrogens is 274 g/mol. The quantitative estimate of drug-likeness (QED) is 0.780. The lowest BCUT2D eigenvalue weighted by atomic mass is 9.92. The molecule has 3 amide bonds. The largest absolute Gasteiger partial charge is 0.376 e. The van der Waals surface area contributed by atoms with Crippen molar-refractivity contribution in [1.82, 2.24) is 15.7 Å². The molecular formula is C14H23N3O4. The first kappa shape index (κ1) is 14.6. The molecule has 21 heavy (non-hydrogen) atoms. The van der Waals surface area contributed by atoms with Crippen molar-refractivity contribution in [3.8, 4) is 0 Å². The number of ether oxygens (including phenoxy) is 1. The van der Waals surface area contributed by atoms with E-state index < -0.39 is 0 Å². The maximum absolute atomic E-state index is 12.2. The van der Waals surface area contributed by atoms with Crippen LogP contribution in [0.4, 0.5) is 4.79 Å². The van der Waals surface area contributed by atoms with Crippen molar-refractivity contribution in [3.63, 3.8) is 0 Å². The molecule has 0 spiro atoms. The summed E-state index contributed by atoms with van der Waals surface area (Å²) >= 11 is 0. The lowest BCUT2D eigenvalue weighted by Gasteiger charge is -2.37. The van der Waals surface area contributed by atoms with Gasteiger partial charge in [-0.05, 0) is 32.1 Å². The topological polar surface area (TPSA) is 79.9 Å². The van der Waals surface area contributed by atoms with Crippen LogP contribution >= 0.6 is 0 Å². The fraction of sp³-hybridized carbons (Fsp3) is 0.857. The first-order valence-corrected chi connectivity index (χ1v) is 7.86. The molecule has 3 atom stereocenters. The maximum Gasteiger partial charge on any atom is 0.341 e.